The molecule has 3 nitrogen and oxygen atoms in total. The van der Waals surface area contributed by atoms with Gasteiger partial charge in [-0.2, -0.15) is 0 Å². The molecule has 182 valence electrons. The highest BCUT2D eigenvalue weighted by atomic mass is 31.2. The van der Waals surface area contributed by atoms with Crippen molar-refractivity contribution >= 4 is 8.60 Å². The van der Waals surface area contributed by atoms with Crippen LogP contribution in [0.1, 0.15) is 95.2 Å². The Labute approximate surface area is 207 Å². The Morgan fingerprint density at radius 2 is 0.706 bits per heavy atom. The van der Waals surface area contributed by atoms with Gasteiger partial charge in [0.05, 0.1) is 0 Å². The van der Waals surface area contributed by atoms with E-state index in [4.69, 9.17) is 13.6 Å². The monoisotopic (exact) mass is 478 g/mol. The predicted octanol–water partition coefficient (Wildman–Crippen LogP) is 9.99. The van der Waals surface area contributed by atoms with E-state index in [1.54, 1.807) is 0 Å². The fourth-order valence-corrected chi connectivity index (χ4v) is 4.59. The van der Waals surface area contributed by atoms with Gasteiger partial charge in [0.25, 0.3) is 0 Å². The quantitative estimate of drug-likeness (QED) is 0.242. The van der Waals surface area contributed by atoms with Crippen LogP contribution in [0.15, 0.2) is 72.8 Å². The van der Waals surface area contributed by atoms with E-state index in [9.17, 15) is 0 Å². The molecule has 0 aliphatic rings. The molecule has 0 bridgehead atoms. The molecule has 0 radical (unpaired) electrons. The van der Waals surface area contributed by atoms with Gasteiger partial charge in [0, 0.05) is 0 Å². The predicted molar refractivity (Wildman–Crippen MR) is 144 cm³/mol. The lowest BCUT2D eigenvalue weighted by atomic mass is 9.99. The zero-order valence-corrected chi connectivity index (χ0v) is 22.3. The highest BCUT2D eigenvalue weighted by Gasteiger charge is 2.20. The lowest BCUT2D eigenvalue weighted by Gasteiger charge is -2.19. The normalized spacial score (nSPS) is 14.6. The number of hydrogen-bond donors (Lipinski definition) is 0. The van der Waals surface area contributed by atoms with Crippen LogP contribution in [0.4, 0.5) is 0 Å². The summed E-state index contributed by atoms with van der Waals surface area (Å²) in [6.45, 7) is 13.3. The first-order chi connectivity index (χ1) is 16.4. The fraction of sp³-hybridized carbons (Fsp3) is 0.400. The van der Waals surface area contributed by atoms with Crippen LogP contribution < -0.4 is 13.6 Å². The molecule has 34 heavy (non-hydrogen) atoms. The highest BCUT2D eigenvalue weighted by molar-refractivity contribution is 7.43. The first-order valence-electron chi connectivity index (χ1n) is 12.6. The molecule has 0 aliphatic carbocycles. The Hall–Kier alpha value is -2.51. The Morgan fingerprint density at radius 3 is 0.912 bits per heavy atom. The van der Waals surface area contributed by atoms with Gasteiger partial charge in [-0.25, -0.2) is 0 Å². The Kier molecular flexibility index (Phi) is 9.84. The maximum absolute atomic E-state index is 6.21. The smallest absolute Gasteiger partial charge is 0.409 e. The average Bonchev–Trinajstić information content (AvgIpc) is 2.88. The molecule has 4 heteroatoms. The third-order valence-corrected chi connectivity index (χ3v) is 7.80. The largest absolute Gasteiger partial charge is 0.530 e. The van der Waals surface area contributed by atoms with Crippen molar-refractivity contribution < 1.29 is 13.6 Å². The van der Waals surface area contributed by atoms with Crippen molar-refractivity contribution in [3.63, 3.8) is 0 Å². The van der Waals surface area contributed by atoms with E-state index in [1.807, 2.05) is 36.4 Å². The molecule has 3 rings (SSSR count). The molecule has 3 atom stereocenters. The second-order valence-electron chi connectivity index (χ2n) is 9.13. The van der Waals surface area contributed by atoms with Crippen molar-refractivity contribution in [2.45, 2.75) is 78.6 Å². The van der Waals surface area contributed by atoms with E-state index in [-0.39, 0.29) is 0 Å². The maximum atomic E-state index is 6.21. The van der Waals surface area contributed by atoms with Crippen molar-refractivity contribution in [2.24, 2.45) is 0 Å². The van der Waals surface area contributed by atoms with Crippen molar-refractivity contribution in [1.29, 1.82) is 0 Å². The molecule has 3 aromatic rings. The summed E-state index contributed by atoms with van der Waals surface area (Å²) >= 11 is 0. The molecule has 0 saturated carbocycles. The summed E-state index contributed by atoms with van der Waals surface area (Å²) in [5.41, 5.74) is 3.92. The van der Waals surface area contributed by atoms with Crippen molar-refractivity contribution in [1.82, 2.24) is 0 Å². The molecule has 3 unspecified atom stereocenters. The molecule has 0 fully saturated rings. The minimum absolute atomic E-state index is 0.524. The van der Waals surface area contributed by atoms with Crippen LogP contribution in [0.5, 0.6) is 17.2 Å². The van der Waals surface area contributed by atoms with Gasteiger partial charge in [-0.15, -0.1) is 0 Å². The minimum Gasteiger partial charge on any atom is -0.409 e. The van der Waals surface area contributed by atoms with E-state index in [1.165, 1.54) is 16.7 Å². The van der Waals surface area contributed by atoms with Gasteiger partial charge in [0.15, 0.2) is 0 Å². The van der Waals surface area contributed by atoms with Gasteiger partial charge in [-0.1, -0.05) is 77.9 Å². The Morgan fingerprint density at radius 1 is 0.471 bits per heavy atom. The van der Waals surface area contributed by atoms with Crippen LogP contribution in [-0.2, 0) is 0 Å². The molecule has 0 saturated heterocycles. The number of hydrogen-bond acceptors (Lipinski definition) is 3. The Bertz CT molecular complexity index is 851. The molecular formula is C30H39O3P. The molecule has 0 aromatic heterocycles. The summed E-state index contributed by atoms with van der Waals surface area (Å²) in [4.78, 5) is 0. The van der Waals surface area contributed by atoms with Crippen molar-refractivity contribution in [2.75, 3.05) is 0 Å². The summed E-state index contributed by atoms with van der Waals surface area (Å²) in [5.74, 6) is 3.80. The second-order valence-corrected chi connectivity index (χ2v) is 10.1. The van der Waals surface area contributed by atoms with Gasteiger partial charge >= 0.3 is 8.60 Å². The second kappa shape index (κ2) is 12.8. The van der Waals surface area contributed by atoms with Crippen molar-refractivity contribution in [3.05, 3.63) is 89.5 Å². The van der Waals surface area contributed by atoms with Gasteiger partial charge < -0.3 is 13.6 Å². The zero-order valence-electron chi connectivity index (χ0n) is 21.5. The van der Waals surface area contributed by atoms with E-state index in [0.717, 1.165) is 36.5 Å². The summed E-state index contributed by atoms with van der Waals surface area (Å²) in [6, 6.07) is 24.8. The SMILES string of the molecule is CCC(C)c1ccc(OP(Oc2ccc(C(C)CC)cc2)Oc2ccc(C(C)CC)cc2)cc1. The highest BCUT2D eigenvalue weighted by Crippen LogP contribution is 2.43. The van der Waals surface area contributed by atoms with Crippen LogP contribution in [-0.4, -0.2) is 0 Å². The molecular weight excluding hydrogens is 439 g/mol. The van der Waals surface area contributed by atoms with E-state index in [2.05, 4.69) is 77.9 Å². The Balaban J connectivity index is 1.77. The van der Waals surface area contributed by atoms with Crippen molar-refractivity contribution in [3.8, 4) is 17.2 Å². The third kappa shape index (κ3) is 7.24. The number of rotatable bonds is 12. The standard InChI is InChI=1S/C30H39O3P/c1-7-22(4)25-10-16-28(17-11-25)31-34(32-29-18-12-26(13-19-29)23(5)8-2)33-30-20-14-27(15-21-30)24(6)9-3/h10-24H,7-9H2,1-6H3. The molecule has 0 spiro atoms. The minimum atomic E-state index is -1.68. The number of benzene rings is 3. The first kappa shape index (κ1) is 26.1. The summed E-state index contributed by atoms with van der Waals surface area (Å²) in [7, 11) is -1.68. The summed E-state index contributed by atoms with van der Waals surface area (Å²) in [5, 5.41) is 0. The van der Waals surface area contributed by atoms with Crippen LogP contribution in [0, 0.1) is 0 Å². The third-order valence-electron chi connectivity index (χ3n) is 6.72. The fourth-order valence-electron chi connectivity index (χ4n) is 3.59. The van der Waals surface area contributed by atoms with Gasteiger partial charge in [0.2, 0.25) is 0 Å². The van der Waals surface area contributed by atoms with Crippen LogP contribution in [0.2, 0.25) is 0 Å². The summed E-state index contributed by atoms with van der Waals surface area (Å²) < 4.78 is 18.6. The topological polar surface area (TPSA) is 27.7 Å². The van der Waals surface area contributed by atoms with Gasteiger partial charge in [-0.3, -0.25) is 0 Å². The van der Waals surface area contributed by atoms with E-state index < -0.39 is 8.60 Å². The van der Waals surface area contributed by atoms with Crippen LogP contribution in [0.25, 0.3) is 0 Å². The zero-order chi connectivity index (χ0) is 24.5. The molecule has 0 N–H and O–H groups in total. The molecule has 3 aromatic carbocycles. The lowest BCUT2D eigenvalue weighted by molar-refractivity contribution is 0.388. The van der Waals surface area contributed by atoms with Crippen LogP contribution >= 0.6 is 8.60 Å². The molecule has 0 aliphatic heterocycles. The van der Waals surface area contributed by atoms with E-state index in [0.29, 0.717) is 17.8 Å². The molecule has 0 heterocycles. The van der Waals surface area contributed by atoms with Gasteiger partial charge in [0.1, 0.15) is 17.2 Å². The average molecular weight is 479 g/mol. The van der Waals surface area contributed by atoms with E-state index >= 15 is 0 Å². The lowest BCUT2D eigenvalue weighted by Crippen LogP contribution is -2.03. The maximum Gasteiger partial charge on any atom is 0.530 e. The summed E-state index contributed by atoms with van der Waals surface area (Å²) in [6.07, 6.45) is 3.33. The van der Waals surface area contributed by atoms with Crippen LogP contribution in [0.3, 0.4) is 0 Å². The first-order valence-corrected chi connectivity index (χ1v) is 13.7. The molecule has 0 amide bonds. The van der Waals surface area contributed by atoms with Gasteiger partial charge in [-0.05, 0) is 90.1 Å².